The van der Waals surface area contributed by atoms with Crippen LogP contribution in [0.25, 0.3) is 56.2 Å². The van der Waals surface area contributed by atoms with E-state index in [1.54, 1.807) is 104 Å². The number of nitrogen functional groups attached to an aromatic ring is 1. The lowest BCUT2D eigenvalue weighted by atomic mass is 10.0. The maximum absolute atomic E-state index is 13.6. The van der Waals surface area contributed by atoms with Gasteiger partial charge < -0.3 is 33.9 Å². The zero-order valence-corrected chi connectivity index (χ0v) is 37.3. The van der Waals surface area contributed by atoms with E-state index in [1.165, 1.54) is 18.6 Å². The number of alkyl halides is 6. The first-order valence-corrected chi connectivity index (χ1v) is 20.8. The summed E-state index contributed by atoms with van der Waals surface area (Å²) in [7, 11) is 0. The number of hydrogen-bond donors (Lipinski definition) is 3. The first-order valence-electron chi connectivity index (χ1n) is 20.5. The first kappa shape index (κ1) is 47.2. The van der Waals surface area contributed by atoms with E-state index in [0.29, 0.717) is 90.6 Å². The highest BCUT2D eigenvalue weighted by Crippen LogP contribution is 2.36. The van der Waals surface area contributed by atoms with Gasteiger partial charge in [-0.05, 0) is 112 Å². The number of carbonyl (C=O) groups is 2. The van der Waals surface area contributed by atoms with E-state index in [2.05, 4.69) is 44.7 Å². The Kier molecular flexibility index (Phi) is 12.8. The Morgan fingerprint density at radius 3 is 1.55 bits per heavy atom. The van der Waals surface area contributed by atoms with Crippen LogP contribution in [0, 0.1) is 27.7 Å². The van der Waals surface area contributed by atoms with Crippen molar-refractivity contribution < 1.29 is 45.0 Å². The molecule has 69 heavy (non-hydrogen) atoms. The summed E-state index contributed by atoms with van der Waals surface area (Å²) in [6, 6.07) is 18.0. The largest absolute Gasteiger partial charge is 0.416 e. The number of Topliss-reactive ketones (excluding diaryl/α,β-unsaturated/α-hetero) is 1. The Balaban J connectivity index is 0.000000161. The fourth-order valence-corrected chi connectivity index (χ4v) is 7.39. The molecule has 0 aliphatic heterocycles. The van der Waals surface area contributed by atoms with Gasteiger partial charge in [-0.1, -0.05) is 16.4 Å². The van der Waals surface area contributed by atoms with Gasteiger partial charge in [0.2, 0.25) is 0 Å². The van der Waals surface area contributed by atoms with Crippen LogP contribution < -0.4 is 5.73 Å². The number of aromatic nitrogens is 10. The molecule has 0 aliphatic rings. The number of nitrogens with one attached hydrogen (secondary N) is 2. The number of anilines is 1. The average Bonchev–Trinajstić information content (AvgIpc) is 4.17. The Bertz CT molecular complexity index is 3510. The second-order valence-corrected chi connectivity index (χ2v) is 15.8. The van der Waals surface area contributed by atoms with Gasteiger partial charge in [0.1, 0.15) is 34.8 Å². The molecule has 22 heteroatoms. The number of benzene rings is 4. The minimum absolute atomic E-state index is 0.125. The van der Waals surface area contributed by atoms with Gasteiger partial charge in [-0.2, -0.15) is 26.3 Å². The van der Waals surface area contributed by atoms with Crippen molar-refractivity contribution in [2.24, 2.45) is 0 Å². The quantitative estimate of drug-likeness (QED) is 0.0565. The van der Waals surface area contributed by atoms with Crippen LogP contribution >= 0.6 is 11.6 Å². The lowest BCUT2D eigenvalue weighted by Crippen LogP contribution is -2.07. The number of aromatic amines is 2. The minimum atomic E-state index is -4.53. The molecule has 4 N–H and O–H groups in total. The van der Waals surface area contributed by atoms with Crippen LogP contribution in [0.15, 0.2) is 119 Å². The monoisotopic (exact) mass is 967 g/mol. The highest BCUT2D eigenvalue weighted by Gasteiger charge is 2.33. The van der Waals surface area contributed by atoms with Gasteiger partial charge in [0.25, 0.3) is 5.24 Å². The van der Waals surface area contributed by atoms with Crippen LogP contribution in [0.5, 0.6) is 0 Å². The number of nitrogens with zero attached hydrogens (tertiary/aromatic N) is 8. The smallest absolute Gasteiger partial charge is 0.399 e. The highest BCUT2D eigenvalue weighted by molar-refractivity contribution is 6.67. The summed E-state index contributed by atoms with van der Waals surface area (Å²) < 4.78 is 93.8. The van der Waals surface area contributed by atoms with Crippen molar-refractivity contribution in [1.29, 1.82) is 0 Å². The van der Waals surface area contributed by atoms with Crippen LogP contribution in [0.2, 0.25) is 0 Å². The van der Waals surface area contributed by atoms with Crippen molar-refractivity contribution in [3.8, 4) is 34.2 Å². The van der Waals surface area contributed by atoms with Crippen LogP contribution in [-0.2, 0) is 18.8 Å². The van der Waals surface area contributed by atoms with Gasteiger partial charge in [-0.15, -0.1) is 0 Å². The number of rotatable bonds is 8. The van der Waals surface area contributed by atoms with E-state index < -0.39 is 28.7 Å². The summed E-state index contributed by atoms with van der Waals surface area (Å²) in [4.78, 5) is 46.1. The summed E-state index contributed by atoms with van der Waals surface area (Å²) >= 11 is 5.11. The van der Waals surface area contributed by atoms with Crippen LogP contribution in [0.1, 0.15) is 60.6 Å². The van der Waals surface area contributed by atoms with Crippen molar-refractivity contribution in [3.63, 3.8) is 0 Å². The van der Waals surface area contributed by atoms with Crippen LogP contribution in [0.3, 0.4) is 0 Å². The molecule has 0 atom stereocenters. The number of aryl methyl sites for hydroxylation is 4. The summed E-state index contributed by atoms with van der Waals surface area (Å²) in [5.74, 6) is 2.54. The first-order chi connectivity index (χ1) is 32.7. The third-order valence-electron chi connectivity index (χ3n) is 10.7. The maximum Gasteiger partial charge on any atom is 0.416 e. The summed E-state index contributed by atoms with van der Waals surface area (Å²) in [6.45, 7) is 6.73. The van der Waals surface area contributed by atoms with Gasteiger partial charge in [-0.3, -0.25) is 9.59 Å². The second-order valence-electron chi connectivity index (χ2n) is 15.5. The molecule has 6 heterocycles. The molecule has 352 valence electrons. The van der Waals surface area contributed by atoms with Crippen molar-refractivity contribution in [2.75, 3.05) is 5.73 Å². The molecular weight excluding hydrogens is 932 g/mol. The number of H-pyrrole nitrogens is 2. The number of hydrogen-bond acceptors (Lipinski definition) is 11. The molecule has 10 rings (SSSR count). The fraction of sp³-hybridized carbons (Fsp3) is 0.149. The molecule has 10 aromatic rings. The van der Waals surface area contributed by atoms with Gasteiger partial charge in [0.05, 0.1) is 56.7 Å². The van der Waals surface area contributed by atoms with E-state index in [-0.39, 0.29) is 17.8 Å². The summed E-state index contributed by atoms with van der Waals surface area (Å²) in [5, 5.41) is 6.46. The topological polar surface area (TPSA) is 205 Å². The molecule has 6 aromatic heterocycles. The van der Waals surface area contributed by atoms with Gasteiger partial charge >= 0.3 is 12.4 Å². The van der Waals surface area contributed by atoms with Crippen molar-refractivity contribution in [1.82, 2.24) is 49.4 Å². The van der Waals surface area contributed by atoms with E-state index in [1.807, 2.05) is 0 Å². The SMILES string of the molecule is Cc1nccn1-c1cc(-c2nc3ccc(N)cc3[nH]2)cc(C(F)(F)F)c1.Cc1oncc1C(=O)Cc1ccc2nc(-c3cc(-n4ccnc4C)cc(C(F)(F)F)c3)[nH]c2c1.Cc1oncc1C(=O)Cl. The molecule has 0 fully saturated rings. The van der Waals surface area contributed by atoms with E-state index in [4.69, 9.17) is 21.9 Å². The Morgan fingerprint density at radius 1 is 0.652 bits per heavy atom. The second kappa shape index (κ2) is 18.7. The normalized spacial score (nSPS) is 11.6. The van der Waals surface area contributed by atoms with Crippen molar-refractivity contribution in [3.05, 3.63) is 161 Å². The Morgan fingerprint density at radius 2 is 1.13 bits per heavy atom. The fourth-order valence-electron chi connectivity index (χ4n) is 7.20. The van der Waals surface area contributed by atoms with Gasteiger partial charge in [0.15, 0.2) is 5.78 Å². The summed E-state index contributed by atoms with van der Waals surface area (Å²) in [6.07, 6.45) is 0.0954. The number of fused-ring (bicyclic) bond motifs is 2. The highest BCUT2D eigenvalue weighted by atomic mass is 35.5. The number of ketones is 1. The molecule has 0 aliphatic carbocycles. The minimum Gasteiger partial charge on any atom is -0.399 e. The lowest BCUT2D eigenvalue weighted by Gasteiger charge is -2.13. The molecule has 0 radical (unpaired) electrons. The maximum atomic E-state index is 13.6. The van der Waals surface area contributed by atoms with Gasteiger partial charge in [-0.25, -0.2) is 19.9 Å². The molecule has 15 nitrogen and oxygen atoms in total. The summed E-state index contributed by atoms with van der Waals surface area (Å²) in [5.41, 5.74) is 10.0. The number of imidazole rings is 4. The lowest BCUT2D eigenvalue weighted by molar-refractivity contribution is -0.138. The Labute approximate surface area is 391 Å². The van der Waals surface area contributed by atoms with E-state index in [9.17, 15) is 35.9 Å². The molecular formula is C47H36ClF6N11O4. The number of carbonyl (C=O) groups excluding carboxylic acids is 2. The molecule has 4 aromatic carbocycles. The molecule has 0 bridgehead atoms. The number of nitrogens with two attached hydrogens (primary N) is 1. The average molecular weight is 968 g/mol. The number of halogens is 7. The predicted octanol–water partition coefficient (Wildman–Crippen LogP) is 11.2. The molecule has 0 unspecified atom stereocenters. The standard InChI is InChI=1S/C24H18F3N5O2.C18H14F3N5.C5H4ClNO2/c1-13-19(12-29-34-13)22(33)8-15-3-4-20-21(7-15)31-23(30-20)16-9-17(24(25,26)27)11-18(10-16)32-6-5-28-14(32)2;1-10-23-4-5-26(10)14-7-11(6-12(8-14)18(19,20)21)17-24-15-3-2-13(22)9-16(15)25-17;1-3-4(5(6)8)2-7-9-3/h3-7,9-12H,8H2,1-2H3,(H,30,31);2-9H,22H2,1H3,(H,24,25);2H,1H3. The van der Waals surface area contributed by atoms with E-state index in [0.717, 1.165) is 29.8 Å². The van der Waals surface area contributed by atoms with E-state index >= 15 is 0 Å². The molecule has 0 amide bonds. The van der Waals surface area contributed by atoms with Crippen LogP contribution in [-0.4, -0.2) is 60.4 Å². The molecule has 0 saturated carbocycles. The Hall–Kier alpha value is -8.33. The predicted molar refractivity (Wildman–Crippen MR) is 242 cm³/mol. The zero-order valence-electron chi connectivity index (χ0n) is 36.5. The third kappa shape index (κ3) is 10.5. The van der Waals surface area contributed by atoms with Crippen molar-refractivity contribution in [2.45, 2.75) is 46.5 Å². The van der Waals surface area contributed by atoms with Crippen molar-refractivity contribution >= 4 is 50.4 Å². The third-order valence-corrected chi connectivity index (χ3v) is 10.9. The van der Waals surface area contributed by atoms with Crippen LogP contribution in [0.4, 0.5) is 32.0 Å². The zero-order chi connectivity index (χ0) is 49.4. The molecule has 0 spiro atoms. The van der Waals surface area contributed by atoms with Gasteiger partial charge in [0, 0.05) is 59.4 Å². The molecule has 0 saturated heterocycles.